The molecule has 0 saturated carbocycles. The Balaban J connectivity index is 1.53. The standard InChI is InChI=1S/C23H25NO5/c1-3-4-5-12-28-18-9-6-16(7-10-18)23(27)29-14-21(25)17-8-11-20-19(13-17)15(2)22(26)24-20/h6-11,13,15H,3-5,12,14H2,1-2H3,(H,24,26)/t15-/m0/s1. The number of anilines is 1. The van der Waals surface area contributed by atoms with Crippen molar-refractivity contribution in [3.8, 4) is 5.75 Å². The highest BCUT2D eigenvalue weighted by Gasteiger charge is 2.27. The zero-order chi connectivity index (χ0) is 20.8. The molecular weight excluding hydrogens is 370 g/mol. The molecule has 0 aliphatic carbocycles. The lowest BCUT2D eigenvalue weighted by molar-refractivity contribution is -0.116. The molecule has 1 aliphatic rings. The van der Waals surface area contributed by atoms with Crippen LogP contribution in [0.4, 0.5) is 5.69 Å². The minimum atomic E-state index is -0.567. The van der Waals surface area contributed by atoms with Gasteiger partial charge in [0.2, 0.25) is 5.91 Å². The molecule has 2 aromatic rings. The largest absolute Gasteiger partial charge is 0.494 e. The fraction of sp³-hybridized carbons (Fsp3) is 0.348. The van der Waals surface area contributed by atoms with Crippen LogP contribution in [-0.4, -0.2) is 30.9 Å². The van der Waals surface area contributed by atoms with Crippen molar-refractivity contribution in [1.29, 1.82) is 0 Å². The number of benzene rings is 2. The molecule has 29 heavy (non-hydrogen) atoms. The summed E-state index contributed by atoms with van der Waals surface area (Å²) in [5, 5.41) is 2.76. The van der Waals surface area contributed by atoms with E-state index in [0.717, 1.165) is 24.8 Å². The lowest BCUT2D eigenvalue weighted by Gasteiger charge is -2.08. The van der Waals surface area contributed by atoms with Gasteiger partial charge in [-0.05, 0) is 61.4 Å². The lowest BCUT2D eigenvalue weighted by atomic mass is 9.99. The van der Waals surface area contributed by atoms with Crippen molar-refractivity contribution in [2.24, 2.45) is 0 Å². The number of ketones is 1. The molecule has 0 fully saturated rings. The minimum Gasteiger partial charge on any atom is -0.494 e. The summed E-state index contributed by atoms with van der Waals surface area (Å²) < 4.78 is 10.8. The second-order valence-electron chi connectivity index (χ2n) is 7.09. The van der Waals surface area contributed by atoms with Gasteiger partial charge in [-0.25, -0.2) is 4.79 Å². The predicted octanol–water partition coefficient (Wildman–Crippen LogP) is 4.35. The van der Waals surface area contributed by atoms with E-state index in [-0.39, 0.29) is 24.2 Å². The summed E-state index contributed by atoms with van der Waals surface area (Å²) >= 11 is 0. The zero-order valence-electron chi connectivity index (χ0n) is 16.7. The van der Waals surface area contributed by atoms with Crippen LogP contribution in [0.1, 0.15) is 65.3 Å². The van der Waals surface area contributed by atoms with Crippen LogP contribution in [0.2, 0.25) is 0 Å². The maximum Gasteiger partial charge on any atom is 0.338 e. The number of hydrogen-bond acceptors (Lipinski definition) is 5. The number of carbonyl (C=O) groups is 3. The number of carbonyl (C=O) groups excluding carboxylic acids is 3. The molecule has 0 bridgehead atoms. The Labute approximate surface area is 170 Å². The number of Topliss-reactive ketones (excluding diaryl/α,β-unsaturated/α-hetero) is 1. The highest BCUT2D eigenvalue weighted by molar-refractivity contribution is 6.05. The van der Waals surface area contributed by atoms with Gasteiger partial charge in [-0.2, -0.15) is 0 Å². The quantitative estimate of drug-likeness (QED) is 0.388. The minimum absolute atomic E-state index is 0.0891. The van der Waals surface area contributed by atoms with Crippen molar-refractivity contribution in [2.75, 3.05) is 18.5 Å². The second kappa shape index (κ2) is 9.37. The van der Waals surface area contributed by atoms with E-state index < -0.39 is 5.97 Å². The number of fused-ring (bicyclic) bond motifs is 1. The first-order valence-electron chi connectivity index (χ1n) is 9.87. The fourth-order valence-corrected chi connectivity index (χ4v) is 3.12. The van der Waals surface area contributed by atoms with Crippen LogP contribution in [0.25, 0.3) is 0 Å². The second-order valence-corrected chi connectivity index (χ2v) is 7.09. The van der Waals surface area contributed by atoms with E-state index in [9.17, 15) is 14.4 Å². The predicted molar refractivity (Wildman–Crippen MR) is 110 cm³/mol. The Hall–Kier alpha value is -3.15. The molecule has 0 radical (unpaired) electrons. The first-order valence-corrected chi connectivity index (χ1v) is 9.87. The van der Waals surface area contributed by atoms with Gasteiger partial charge in [-0.15, -0.1) is 0 Å². The molecule has 1 aliphatic heterocycles. The van der Waals surface area contributed by atoms with Gasteiger partial charge in [0.15, 0.2) is 12.4 Å². The molecule has 0 saturated heterocycles. The van der Waals surface area contributed by atoms with E-state index in [2.05, 4.69) is 12.2 Å². The molecule has 0 unspecified atom stereocenters. The number of amides is 1. The van der Waals surface area contributed by atoms with Gasteiger partial charge in [-0.3, -0.25) is 9.59 Å². The average Bonchev–Trinajstić information content (AvgIpc) is 3.03. The normalized spacial score (nSPS) is 14.8. The summed E-state index contributed by atoms with van der Waals surface area (Å²) in [6, 6.07) is 11.7. The van der Waals surface area contributed by atoms with Gasteiger partial charge >= 0.3 is 5.97 Å². The van der Waals surface area contributed by atoms with Crippen LogP contribution in [0.15, 0.2) is 42.5 Å². The van der Waals surface area contributed by atoms with Gasteiger partial charge < -0.3 is 14.8 Å². The summed E-state index contributed by atoms with van der Waals surface area (Å²) in [4.78, 5) is 36.3. The van der Waals surface area contributed by atoms with E-state index in [1.165, 1.54) is 0 Å². The van der Waals surface area contributed by atoms with Crippen LogP contribution in [0.3, 0.4) is 0 Å². The average molecular weight is 395 g/mol. The van der Waals surface area contributed by atoms with Crippen molar-refractivity contribution in [2.45, 2.75) is 39.0 Å². The molecule has 6 nitrogen and oxygen atoms in total. The van der Waals surface area contributed by atoms with Crippen LogP contribution in [-0.2, 0) is 9.53 Å². The molecule has 0 aromatic heterocycles. The lowest BCUT2D eigenvalue weighted by Crippen LogP contribution is -2.14. The Morgan fingerprint density at radius 1 is 1.03 bits per heavy atom. The molecule has 1 N–H and O–H groups in total. The summed E-state index contributed by atoms with van der Waals surface area (Å²) in [5.74, 6) is -0.577. The Kier molecular flexibility index (Phi) is 6.65. The Bertz CT molecular complexity index is 904. The zero-order valence-corrected chi connectivity index (χ0v) is 16.7. The number of unbranched alkanes of at least 4 members (excludes halogenated alkanes) is 2. The maximum atomic E-state index is 12.4. The van der Waals surface area contributed by atoms with E-state index in [1.807, 2.05) is 0 Å². The van der Waals surface area contributed by atoms with Gasteiger partial charge in [0.1, 0.15) is 5.75 Å². The monoisotopic (exact) mass is 395 g/mol. The fourth-order valence-electron chi connectivity index (χ4n) is 3.12. The van der Waals surface area contributed by atoms with E-state index in [1.54, 1.807) is 49.4 Å². The number of nitrogens with one attached hydrogen (secondary N) is 1. The highest BCUT2D eigenvalue weighted by Crippen LogP contribution is 2.32. The molecule has 1 atom stereocenters. The summed E-state index contributed by atoms with van der Waals surface area (Å²) in [7, 11) is 0. The third-order valence-corrected chi connectivity index (χ3v) is 4.93. The van der Waals surface area contributed by atoms with Crippen molar-refractivity contribution in [3.05, 3.63) is 59.2 Å². The molecule has 6 heteroatoms. The van der Waals surface area contributed by atoms with Crippen molar-refractivity contribution < 1.29 is 23.9 Å². The van der Waals surface area contributed by atoms with Gasteiger partial charge in [0.05, 0.1) is 18.1 Å². The Morgan fingerprint density at radius 2 is 1.76 bits per heavy atom. The first kappa shape index (κ1) is 20.6. The summed E-state index contributed by atoms with van der Waals surface area (Å²) in [6.45, 7) is 4.20. The number of esters is 1. The number of hydrogen-bond donors (Lipinski definition) is 1. The van der Waals surface area contributed by atoms with E-state index in [0.29, 0.717) is 29.2 Å². The molecule has 1 heterocycles. The topological polar surface area (TPSA) is 81.7 Å². The molecular formula is C23H25NO5. The third-order valence-electron chi connectivity index (χ3n) is 4.93. The van der Waals surface area contributed by atoms with Gasteiger partial charge in [0.25, 0.3) is 0 Å². The molecule has 2 aromatic carbocycles. The smallest absolute Gasteiger partial charge is 0.338 e. The maximum absolute atomic E-state index is 12.4. The van der Waals surface area contributed by atoms with Crippen LogP contribution in [0.5, 0.6) is 5.75 Å². The van der Waals surface area contributed by atoms with Gasteiger partial charge in [-0.1, -0.05) is 19.8 Å². The third kappa shape index (κ3) is 5.02. The van der Waals surface area contributed by atoms with E-state index >= 15 is 0 Å². The summed E-state index contributed by atoms with van der Waals surface area (Å²) in [6.07, 6.45) is 3.24. The van der Waals surface area contributed by atoms with Crippen molar-refractivity contribution >= 4 is 23.3 Å². The van der Waals surface area contributed by atoms with E-state index in [4.69, 9.17) is 9.47 Å². The SMILES string of the molecule is CCCCCOc1ccc(C(=O)OCC(=O)c2ccc3c(c2)[C@H](C)C(=O)N3)cc1. The van der Waals surface area contributed by atoms with Crippen molar-refractivity contribution in [3.63, 3.8) is 0 Å². The number of ether oxygens (including phenoxy) is 2. The molecule has 152 valence electrons. The van der Waals surface area contributed by atoms with Crippen molar-refractivity contribution in [1.82, 2.24) is 0 Å². The summed E-state index contributed by atoms with van der Waals surface area (Å²) in [5.41, 5.74) is 2.27. The molecule has 0 spiro atoms. The molecule has 3 rings (SSSR count). The van der Waals surface area contributed by atoms with Crippen LogP contribution < -0.4 is 10.1 Å². The highest BCUT2D eigenvalue weighted by atomic mass is 16.5. The first-order chi connectivity index (χ1) is 14.0. The molecule has 1 amide bonds. The van der Waals surface area contributed by atoms with Gasteiger partial charge in [0, 0.05) is 11.3 Å². The number of rotatable bonds is 9. The van der Waals surface area contributed by atoms with Crippen LogP contribution in [0, 0.1) is 0 Å². The Morgan fingerprint density at radius 3 is 2.48 bits per heavy atom. The van der Waals surface area contributed by atoms with Crippen LogP contribution >= 0.6 is 0 Å².